The Kier molecular flexibility index (Phi) is 5.11. The van der Waals surface area contributed by atoms with Crippen molar-refractivity contribution in [2.24, 2.45) is 0 Å². The van der Waals surface area contributed by atoms with E-state index in [0.29, 0.717) is 26.9 Å². The number of methoxy groups -OCH3 is 1. The summed E-state index contributed by atoms with van der Waals surface area (Å²) in [4.78, 5) is 30.8. The minimum Gasteiger partial charge on any atom is -0.453 e. The van der Waals surface area contributed by atoms with Gasteiger partial charge in [-0.2, -0.15) is 0 Å². The van der Waals surface area contributed by atoms with Crippen LogP contribution in [0.5, 0.6) is 0 Å². The van der Waals surface area contributed by atoms with Crippen LogP contribution < -0.4 is 5.56 Å². The van der Waals surface area contributed by atoms with Gasteiger partial charge in [0.15, 0.2) is 5.79 Å². The van der Waals surface area contributed by atoms with Gasteiger partial charge in [-0.3, -0.25) is 9.36 Å². The minimum absolute atomic E-state index is 0.0928. The van der Waals surface area contributed by atoms with Crippen molar-refractivity contribution in [1.82, 2.24) is 14.5 Å². The minimum atomic E-state index is -1.58. The van der Waals surface area contributed by atoms with Gasteiger partial charge in [-0.25, -0.2) is 9.78 Å². The van der Waals surface area contributed by atoms with Crippen LogP contribution >= 0.6 is 27.5 Å². The number of hydrogen-bond donors (Lipinski definition) is 1. The molecule has 0 bridgehead atoms. The summed E-state index contributed by atoms with van der Waals surface area (Å²) in [5.41, 5.74) is 0.179. The van der Waals surface area contributed by atoms with E-state index in [0.717, 1.165) is 12.8 Å². The summed E-state index contributed by atoms with van der Waals surface area (Å²) in [5.74, 6) is -1.58. The topological polar surface area (TPSA) is 93.9 Å². The fourth-order valence-corrected chi connectivity index (χ4v) is 4.53. The molecule has 3 atom stereocenters. The van der Waals surface area contributed by atoms with Gasteiger partial charge in [-0.1, -0.05) is 11.6 Å². The number of fused-ring (bicyclic) bond motifs is 2. The Morgan fingerprint density at radius 1 is 1.54 bits per heavy atom. The summed E-state index contributed by atoms with van der Waals surface area (Å²) in [6.45, 7) is 0.461. The number of likely N-dealkylation sites (tertiary alicyclic amines) is 1. The van der Waals surface area contributed by atoms with Crippen LogP contribution in [-0.4, -0.2) is 57.2 Å². The predicted octanol–water partition coefficient (Wildman–Crippen LogP) is 2.52. The second kappa shape index (κ2) is 7.29. The molecule has 150 valence electrons. The number of nitrogens with zero attached hydrogens (tertiary/aromatic N) is 3. The Hall–Kier alpha value is -1.68. The Morgan fingerprint density at radius 3 is 3.07 bits per heavy atom. The zero-order chi connectivity index (χ0) is 20.1. The maximum absolute atomic E-state index is 12.9. The molecule has 0 radical (unpaired) electrons. The number of ether oxygens (including phenoxy) is 2. The number of aromatic nitrogens is 2. The van der Waals surface area contributed by atoms with Crippen LogP contribution in [0.4, 0.5) is 4.79 Å². The summed E-state index contributed by atoms with van der Waals surface area (Å²) in [6.07, 6.45) is 2.33. The van der Waals surface area contributed by atoms with E-state index in [9.17, 15) is 14.7 Å². The van der Waals surface area contributed by atoms with Gasteiger partial charge in [0.2, 0.25) is 0 Å². The summed E-state index contributed by atoms with van der Waals surface area (Å²) >= 11 is 9.42. The lowest BCUT2D eigenvalue weighted by atomic mass is 9.97. The fourth-order valence-electron chi connectivity index (χ4n) is 4.04. The molecule has 3 heterocycles. The molecule has 1 aromatic heterocycles. The predicted molar refractivity (Wildman–Crippen MR) is 105 cm³/mol. The van der Waals surface area contributed by atoms with E-state index in [-0.39, 0.29) is 30.7 Å². The molecule has 0 saturated carbocycles. The average Bonchev–Trinajstić information content (AvgIpc) is 3.01. The molecule has 1 aromatic carbocycles. The molecule has 4 rings (SSSR count). The van der Waals surface area contributed by atoms with E-state index in [2.05, 4.69) is 20.9 Å². The zero-order valence-electron chi connectivity index (χ0n) is 15.1. The molecular formula is C18H19BrClN3O5. The van der Waals surface area contributed by atoms with Crippen LogP contribution in [0.2, 0.25) is 5.02 Å². The normalized spacial score (nSPS) is 27.1. The van der Waals surface area contributed by atoms with Gasteiger partial charge >= 0.3 is 6.09 Å². The molecule has 0 spiro atoms. The molecule has 2 aliphatic rings. The Labute approximate surface area is 174 Å². The van der Waals surface area contributed by atoms with Gasteiger partial charge in [0.25, 0.3) is 5.56 Å². The van der Waals surface area contributed by atoms with E-state index in [1.54, 1.807) is 17.0 Å². The molecule has 2 aromatic rings. The largest absolute Gasteiger partial charge is 0.453 e. The van der Waals surface area contributed by atoms with Crippen molar-refractivity contribution in [3.05, 3.63) is 38.3 Å². The number of hydrogen-bond acceptors (Lipinski definition) is 6. The van der Waals surface area contributed by atoms with E-state index >= 15 is 0 Å². The molecule has 0 aliphatic carbocycles. The van der Waals surface area contributed by atoms with Crippen LogP contribution in [0.15, 0.2) is 27.7 Å². The molecule has 2 fully saturated rings. The molecule has 1 unspecified atom stereocenters. The van der Waals surface area contributed by atoms with Gasteiger partial charge in [0.1, 0.15) is 0 Å². The molecular weight excluding hydrogens is 454 g/mol. The molecule has 10 heteroatoms. The Balaban J connectivity index is 1.62. The van der Waals surface area contributed by atoms with E-state index in [1.165, 1.54) is 18.0 Å². The maximum atomic E-state index is 12.9. The maximum Gasteiger partial charge on any atom is 0.409 e. The highest BCUT2D eigenvalue weighted by Crippen LogP contribution is 2.38. The van der Waals surface area contributed by atoms with Gasteiger partial charge in [-0.05, 0) is 40.9 Å². The molecule has 1 amide bonds. The van der Waals surface area contributed by atoms with Crippen LogP contribution in [0, 0.1) is 0 Å². The number of carbonyl (C=O) groups excluding carboxylic acids is 1. The number of aliphatic hydroxyl groups is 1. The van der Waals surface area contributed by atoms with Crippen LogP contribution in [0.3, 0.4) is 0 Å². The number of rotatable bonds is 2. The summed E-state index contributed by atoms with van der Waals surface area (Å²) in [7, 11) is 1.33. The molecule has 2 saturated heterocycles. The van der Waals surface area contributed by atoms with Crippen molar-refractivity contribution in [3.8, 4) is 0 Å². The first-order chi connectivity index (χ1) is 13.3. The fraction of sp³-hybridized carbons (Fsp3) is 0.500. The monoisotopic (exact) mass is 471 g/mol. The van der Waals surface area contributed by atoms with Crippen molar-refractivity contribution in [2.75, 3.05) is 13.7 Å². The van der Waals surface area contributed by atoms with Crippen LogP contribution in [0.25, 0.3) is 10.9 Å². The molecule has 2 aliphatic heterocycles. The summed E-state index contributed by atoms with van der Waals surface area (Å²) < 4.78 is 12.7. The smallest absolute Gasteiger partial charge is 0.409 e. The first-order valence-corrected chi connectivity index (χ1v) is 10.1. The van der Waals surface area contributed by atoms with E-state index in [4.69, 9.17) is 21.1 Å². The van der Waals surface area contributed by atoms with E-state index in [1.807, 2.05) is 0 Å². The van der Waals surface area contributed by atoms with Crippen molar-refractivity contribution >= 4 is 44.5 Å². The van der Waals surface area contributed by atoms with Crippen molar-refractivity contribution in [1.29, 1.82) is 0 Å². The second-order valence-electron chi connectivity index (χ2n) is 7.14. The highest BCUT2D eigenvalue weighted by atomic mass is 79.9. The molecule has 8 nitrogen and oxygen atoms in total. The van der Waals surface area contributed by atoms with Crippen molar-refractivity contribution in [3.63, 3.8) is 0 Å². The van der Waals surface area contributed by atoms with Crippen LogP contribution in [-0.2, 0) is 16.0 Å². The Morgan fingerprint density at radius 2 is 2.32 bits per heavy atom. The second-order valence-corrected chi connectivity index (χ2v) is 8.40. The van der Waals surface area contributed by atoms with E-state index < -0.39 is 11.9 Å². The number of amides is 1. The van der Waals surface area contributed by atoms with Gasteiger partial charge < -0.3 is 19.5 Å². The van der Waals surface area contributed by atoms with Crippen molar-refractivity contribution in [2.45, 2.75) is 43.7 Å². The van der Waals surface area contributed by atoms with Gasteiger partial charge in [0.05, 0.1) is 48.1 Å². The third kappa shape index (κ3) is 3.41. The number of halogens is 2. The third-order valence-corrected chi connectivity index (χ3v) is 6.51. The third-order valence-electron chi connectivity index (χ3n) is 5.31. The lowest BCUT2D eigenvalue weighted by Gasteiger charge is -2.34. The highest BCUT2D eigenvalue weighted by Gasteiger charge is 2.50. The number of carbonyl (C=O) groups is 1. The standard InChI is InChI=1S/C18H19BrClN3O5/c1-27-17(25)23-4-2-3-15-14(23)7-18(26,28-15)8-22-9-21-13-6-11(19)12(20)5-10(13)16(22)24/h5-6,9,14-15,26H,2-4,7-8H2,1H3/t14-,15-,18?/m0/s1. The van der Waals surface area contributed by atoms with Gasteiger partial charge in [-0.15, -0.1) is 0 Å². The lowest BCUT2D eigenvalue weighted by Crippen LogP contribution is -2.48. The van der Waals surface area contributed by atoms with Crippen molar-refractivity contribution < 1.29 is 19.4 Å². The summed E-state index contributed by atoms with van der Waals surface area (Å²) in [5, 5.41) is 11.8. The first-order valence-electron chi connectivity index (χ1n) is 8.90. The number of benzene rings is 1. The summed E-state index contributed by atoms with van der Waals surface area (Å²) in [6, 6.07) is 2.93. The zero-order valence-corrected chi connectivity index (χ0v) is 17.4. The average molecular weight is 473 g/mol. The Bertz CT molecular complexity index is 999. The van der Waals surface area contributed by atoms with Crippen LogP contribution in [0.1, 0.15) is 19.3 Å². The molecule has 1 N–H and O–H groups in total. The highest BCUT2D eigenvalue weighted by molar-refractivity contribution is 9.10. The number of piperidine rings is 1. The lowest BCUT2D eigenvalue weighted by molar-refractivity contribution is -0.202. The van der Waals surface area contributed by atoms with Gasteiger partial charge in [0, 0.05) is 17.4 Å². The quantitative estimate of drug-likeness (QED) is 0.722. The SMILES string of the molecule is COC(=O)N1CCC[C@@H]2OC(O)(Cn3cnc4cc(Br)c(Cl)cc4c3=O)C[C@@H]21. The molecule has 28 heavy (non-hydrogen) atoms. The first kappa shape index (κ1) is 19.6.